The van der Waals surface area contributed by atoms with Gasteiger partial charge >= 0.3 is 0 Å². The summed E-state index contributed by atoms with van der Waals surface area (Å²) in [6.45, 7) is 4.58. The lowest BCUT2D eigenvalue weighted by molar-refractivity contribution is 0.102. The summed E-state index contributed by atoms with van der Waals surface area (Å²) < 4.78 is 5.30. The first kappa shape index (κ1) is 18.4. The predicted molar refractivity (Wildman–Crippen MR) is 106 cm³/mol. The van der Waals surface area contributed by atoms with Crippen LogP contribution in [0.2, 0.25) is 0 Å². The second-order valence-corrected chi connectivity index (χ2v) is 6.27. The molecule has 1 heterocycles. The lowest BCUT2D eigenvalue weighted by atomic mass is 10.1. The maximum Gasteiger partial charge on any atom is 0.274 e. The molecule has 0 bridgehead atoms. The molecular formula is C21H22N4O2. The van der Waals surface area contributed by atoms with E-state index in [1.165, 1.54) is 5.56 Å². The van der Waals surface area contributed by atoms with Gasteiger partial charge in [-0.15, -0.1) is 0 Å². The van der Waals surface area contributed by atoms with Crippen LogP contribution < -0.4 is 15.4 Å². The number of aromatic nitrogens is 2. The molecule has 0 fully saturated rings. The van der Waals surface area contributed by atoms with E-state index in [0.717, 1.165) is 11.1 Å². The van der Waals surface area contributed by atoms with Crippen LogP contribution in [0.3, 0.4) is 0 Å². The zero-order valence-electron chi connectivity index (χ0n) is 15.6. The van der Waals surface area contributed by atoms with Gasteiger partial charge in [-0.3, -0.25) is 4.79 Å². The molecule has 0 saturated carbocycles. The molecular weight excluding hydrogens is 340 g/mol. The van der Waals surface area contributed by atoms with Crippen molar-refractivity contribution in [2.75, 3.05) is 17.7 Å². The molecule has 1 aromatic heterocycles. The third kappa shape index (κ3) is 4.82. The number of carbonyl (C=O) groups is 1. The Labute approximate surface area is 158 Å². The van der Waals surface area contributed by atoms with E-state index < -0.39 is 0 Å². The number of rotatable bonds is 6. The third-order valence-corrected chi connectivity index (χ3v) is 4.02. The molecule has 2 aromatic carbocycles. The average molecular weight is 362 g/mol. The van der Waals surface area contributed by atoms with E-state index in [1.54, 1.807) is 19.4 Å². The molecule has 27 heavy (non-hydrogen) atoms. The van der Waals surface area contributed by atoms with Crippen molar-refractivity contribution in [3.63, 3.8) is 0 Å². The molecule has 138 valence electrons. The van der Waals surface area contributed by atoms with Crippen LogP contribution >= 0.6 is 0 Å². The van der Waals surface area contributed by atoms with Crippen LogP contribution in [-0.2, 0) is 6.54 Å². The van der Waals surface area contributed by atoms with Gasteiger partial charge in [-0.2, -0.15) is 0 Å². The smallest absolute Gasteiger partial charge is 0.274 e. The zero-order valence-corrected chi connectivity index (χ0v) is 15.6. The largest absolute Gasteiger partial charge is 0.495 e. The van der Waals surface area contributed by atoms with E-state index in [0.29, 0.717) is 23.9 Å². The lowest BCUT2D eigenvalue weighted by Gasteiger charge is -2.11. The highest BCUT2D eigenvalue weighted by atomic mass is 16.5. The number of methoxy groups -OCH3 is 1. The van der Waals surface area contributed by atoms with E-state index in [4.69, 9.17) is 4.74 Å². The van der Waals surface area contributed by atoms with Gasteiger partial charge in [0.05, 0.1) is 12.8 Å². The first-order valence-corrected chi connectivity index (χ1v) is 8.63. The molecule has 6 heteroatoms. The van der Waals surface area contributed by atoms with Gasteiger partial charge in [-0.25, -0.2) is 9.97 Å². The van der Waals surface area contributed by atoms with Crippen molar-refractivity contribution < 1.29 is 9.53 Å². The van der Waals surface area contributed by atoms with Gasteiger partial charge in [0.2, 0.25) is 5.95 Å². The van der Waals surface area contributed by atoms with Crippen molar-refractivity contribution in [3.8, 4) is 5.75 Å². The van der Waals surface area contributed by atoms with Crippen molar-refractivity contribution in [2.24, 2.45) is 0 Å². The fourth-order valence-corrected chi connectivity index (χ4v) is 2.68. The number of hydrogen-bond acceptors (Lipinski definition) is 5. The number of nitrogens with zero attached hydrogens (tertiary/aromatic N) is 2. The number of amides is 1. The van der Waals surface area contributed by atoms with Gasteiger partial charge < -0.3 is 15.4 Å². The van der Waals surface area contributed by atoms with Gasteiger partial charge in [-0.1, -0.05) is 35.9 Å². The van der Waals surface area contributed by atoms with Crippen molar-refractivity contribution in [3.05, 3.63) is 77.1 Å². The van der Waals surface area contributed by atoms with E-state index in [9.17, 15) is 4.79 Å². The van der Waals surface area contributed by atoms with Crippen LogP contribution in [0.4, 0.5) is 11.6 Å². The van der Waals surface area contributed by atoms with Crippen LogP contribution in [0.25, 0.3) is 0 Å². The van der Waals surface area contributed by atoms with E-state index in [1.807, 2.05) is 50.2 Å². The highest BCUT2D eigenvalue weighted by Gasteiger charge is 2.12. The second kappa shape index (κ2) is 8.31. The number of hydrogen-bond donors (Lipinski definition) is 2. The molecule has 0 aliphatic rings. The predicted octanol–water partition coefficient (Wildman–Crippen LogP) is 3.97. The molecule has 3 rings (SSSR count). The second-order valence-electron chi connectivity index (χ2n) is 6.27. The minimum atomic E-state index is -0.320. The quantitative estimate of drug-likeness (QED) is 0.694. The van der Waals surface area contributed by atoms with Gasteiger partial charge in [-0.05, 0) is 43.2 Å². The maximum atomic E-state index is 12.6. The molecule has 2 N–H and O–H groups in total. The number of aryl methyl sites for hydroxylation is 2. The minimum Gasteiger partial charge on any atom is -0.495 e. The van der Waals surface area contributed by atoms with Crippen molar-refractivity contribution in [1.82, 2.24) is 9.97 Å². The minimum absolute atomic E-state index is 0.278. The molecule has 3 aromatic rings. The highest BCUT2D eigenvalue weighted by molar-refractivity contribution is 6.03. The lowest BCUT2D eigenvalue weighted by Crippen LogP contribution is -2.16. The molecule has 0 aliphatic carbocycles. The van der Waals surface area contributed by atoms with Gasteiger partial charge in [0, 0.05) is 12.7 Å². The Hall–Kier alpha value is -3.41. The Morgan fingerprint density at radius 3 is 2.67 bits per heavy atom. The van der Waals surface area contributed by atoms with Crippen LogP contribution in [0.1, 0.15) is 27.2 Å². The Bertz CT molecular complexity index is 956. The topological polar surface area (TPSA) is 76.1 Å². The summed E-state index contributed by atoms with van der Waals surface area (Å²) in [4.78, 5) is 21.1. The Morgan fingerprint density at radius 1 is 1.07 bits per heavy atom. The zero-order chi connectivity index (χ0) is 19.2. The van der Waals surface area contributed by atoms with Gasteiger partial charge in [0.15, 0.2) is 0 Å². The molecule has 6 nitrogen and oxygen atoms in total. The third-order valence-electron chi connectivity index (χ3n) is 4.02. The molecule has 0 atom stereocenters. The summed E-state index contributed by atoms with van der Waals surface area (Å²) in [5.41, 5.74) is 4.22. The van der Waals surface area contributed by atoms with Crippen molar-refractivity contribution in [2.45, 2.75) is 20.4 Å². The van der Waals surface area contributed by atoms with E-state index >= 15 is 0 Å². The molecule has 1 amide bonds. The van der Waals surface area contributed by atoms with Crippen LogP contribution in [0, 0.1) is 13.8 Å². The molecule has 0 radical (unpaired) electrons. The summed E-state index contributed by atoms with van der Waals surface area (Å²) >= 11 is 0. The normalized spacial score (nSPS) is 10.3. The first-order valence-electron chi connectivity index (χ1n) is 8.63. The first-order chi connectivity index (χ1) is 13.0. The Kier molecular flexibility index (Phi) is 5.66. The van der Waals surface area contributed by atoms with Crippen LogP contribution in [0.5, 0.6) is 5.75 Å². The van der Waals surface area contributed by atoms with Gasteiger partial charge in [0.25, 0.3) is 5.91 Å². The summed E-state index contributed by atoms with van der Waals surface area (Å²) in [5, 5.41) is 6.00. The van der Waals surface area contributed by atoms with E-state index in [2.05, 4.69) is 26.7 Å². The van der Waals surface area contributed by atoms with Crippen molar-refractivity contribution >= 4 is 17.5 Å². The summed E-state index contributed by atoms with van der Waals surface area (Å²) in [7, 11) is 1.57. The fourth-order valence-electron chi connectivity index (χ4n) is 2.68. The number of ether oxygens (including phenoxy) is 1. The van der Waals surface area contributed by atoms with Crippen LogP contribution in [-0.4, -0.2) is 23.0 Å². The summed E-state index contributed by atoms with van der Waals surface area (Å²) in [5.74, 6) is 0.682. The number of carbonyl (C=O) groups excluding carboxylic acids is 1. The van der Waals surface area contributed by atoms with Crippen molar-refractivity contribution in [1.29, 1.82) is 0 Å². The molecule has 0 unspecified atom stereocenters. The molecule has 0 spiro atoms. The van der Waals surface area contributed by atoms with E-state index in [-0.39, 0.29) is 11.6 Å². The SMILES string of the molecule is COc1ccc(C)cc1NC(=O)c1ccnc(NCc2cccc(C)c2)n1. The Morgan fingerprint density at radius 2 is 1.89 bits per heavy atom. The fraction of sp³-hybridized carbons (Fsp3) is 0.190. The molecule has 0 aliphatic heterocycles. The highest BCUT2D eigenvalue weighted by Crippen LogP contribution is 2.25. The standard InChI is InChI=1S/C21H22N4O2/c1-14-5-4-6-16(11-14)13-23-21-22-10-9-17(25-21)20(26)24-18-12-15(2)7-8-19(18)27-3/h4-12H,13H2,1-3H3,(H,24,26)(H,22,23,25). The summed E-state index contributed by atoms with van der Waals surface area (Å²) in [6, 6.07) is 15.3. The maximum absolute atomic E-state index is 12.6. The molecule has 0 saturated heterocycles. The average Bonchev–Trinajstić information content (AvgIpc) is 2.67. The van der Waals surface area contributed by atoms with Crippen LogP contribution in [0.15, 0.2) is 54.7 Å². The van der Waals surface area contributed by atoms with Gasteiger partial charge in [0.1, 0.15) is 11.4 Å². The number of anilines is 2. The monoisotopic (exact) mass is 362 g/mol. The summed E-state index contributed by atoms with van der Waals surface area (Å²) in [6.07, 6.45) is 1.56. The number of nitrogens with one attached hydrogen (secondary N) is 2. The Balaban J connectivity index is 1.71. The number of benzene rings is 2.